The summed E-state index contributed by atoms with van der Waals surface area (Å²) in [6, 6.07) is 9.67. The van der Waals surface area contributed by atoms with Gasteiger partial charge in [0.05, 0.1) is 6.54 Å². The highest BCUT2D eigenvalue weighted by Crippen LogP contribution is 2.18. The van der Waals surface area contributed by atoms with Crippen LogP contribution in [0.15, 0.2) is 36.7 Å². The highest BCUT2D eigenvalue weighted by molar-refractivity contribution is 5.97. The van der Waals surface area contributed by atoms with Crippen molar-refractivity contribution >= 4 is 22.7 Å². The molecule has 9 heteroatoms. The van der Waals surface area contributed by atoms with Crippen molar-refractivity contribution < 1.29 is 9.59 Å². The van der Waals surface area contributed by atoms with E-state index >= 15 is 0 Å². The lowest BCUT2D eigenvalue weighted by Crippen LogP contribution is -2.44. The quantitative estimate of drug-likeness (QED) is 0.667. The van der Waals surface area contributed by atoms with E-state index in [-0.39, 0.29) is 17.7 Å². The number of amides is 2. The predicted molar refractivity (Wildman–Crippen MR) is 102 cm³/mol. The van der Waals surface area contributed by atoms with Crippen LogP contribution in [-0.4, -0.2) is 61.5 Å². The molecule has 0 bridgehead atoms. The first-order chi connectivity index (χ1) is 13.7. The number of hydrogen-bond acceptors (Lipinski definition) is 5. The number of likely N-dealkylation sites (tertiary alicyclic amines) is 1. The molecule has 0 spiro atoms. The average Bonchev–Trinajstić information content (AvgIpc) is 3.40. The van der Waals surface area contributed by atoms with Gasteiger partial charge in [-0.15, -0.1) is 5.10 Å². The number of para-hydroxylation sites is 1. The molecule has 0 unspecified atom stereocenters. The minimum Gasteiger partial charge on any atom is -0.351 e. The molecule has 3 heterocycles. The summed E-state index contributed by atoms with van der Waals surface area (Å²) in [6.45, 7) is 2.47. The molecule has 1 aliphatic rings. The second-order valence-corrected chi connectivity index (χ2v) is 7.15. The molecule has 1 saturated heterocycles. The topological polar surface area (TPSA) is 109 Å². The van der Waals surface area contributed by atoms with Gasteiger partial charge in [0, 0.05) is 37.0 Å². The molecule has 1 atom stereocenters. The average molecular weight is 381 g/mol. The smallest absolute Gasteiger partial charge is 0.267 e. The molecule has 3 aromatic rings. The molecular weight excluding hydrogens is 358 g/mol. The third kappa shape index (κ3) is 4.19. The van der Waals surface area contributed by atoms with E-state index in [1.807, 2.05) is 35.2 Å². The second kappa shape index (κ2) is 8.20. The molecule has 9 nitrogen and oxygen atoms in total. The Morgan fingerprint density at radius 1 is 1.29 bits per heavy atom. The molecule has 4 rings (SSSR count). The third-order valence-electron chi connectivity index (χ3n) is 5.14. The fraction of sp³-hybridized carbons (Fsp3) is 0.421. The summed E-state index contributed by atoms with van der Waals surface area (Å²) in [7, 11) is 0. The van der Waals surface area contributed by atoms with E-state index in [1.54, 1.807) is 4.68 Å². The van der Waals surface area contributed by atoms with Gasteiger partial charge in [-0.05, 0) is 41.3 Å². The summed E-state index contributed by atoms with van der Waals surface area (Å²) < 4.78 is 1.56. The summed E-state index contributed by atoms with van der Waals surface area (Å²) >= 11 is 0. The van der Waals surface area contributed by atoms with Crippen molar-refractivity contribution in [2.75, 3.05) is 19.6 Å². The molecule has 2 aromatic heterocycles. The minimum absolute atomic E-state index is 0.0992. The summed E-state index contributed by atoms with van der Waals surface area (Å²) in [5, 5.41) is 14.9. The van der Waals surface area contributed by atoms with E-state index in [9.17, 15) is 9.59 Å². The summed E-state index contributed by atoms with van der Waals surface area (Å²) in [4.78, 5) is 29.9. The van der Waals surface area contributed by atoms with Crippen LogP contribution in [-0.2, 0) is 11.3 Å². The number of benzene rings is 1. The van der Waals surface area contributed by atoms with E-state index in [0.29, 0.717) is 31.7 Å². The molecule has 2 amide bonds. The largest absolute Gasteiger partial charge is 0.351 e. The Hall–Kier alpha value is -3.23. The van der Waals surface area contributed by atoms with E-state index in [2.05, 4.69) is 25.8 Å². The van der Waals surface area contributed by atoms with E-state index < -0.39 is 0 Å². The van der Waals surface area contributed by atoms with Gasteiger partial charge in [-0.25, -0.2) is 4.68 Å². The maximum atomic E-state index is 12.5. The number of rotatable bonds is 6. The van der Waals surface area contributed by atoms with Crippen molar-refractivity contribution in [1.29, 1.82) is 0 Å². The molecule has 146 valence electrons. The highest BCUT2D eigenvalue weighted by Gasteiger charge is 2.24. The zero-order valence-corrected chi connectivity index (χ0v) is 15.5. The Bertz CT molecular complexity index is 917. The SMILES string of the molecule is O=C(NC[C@H]1CCCN(C(=O)CCn2cnnn2)C1)c1cc2ccccc2[nH]1. The van der Waals surface area contributed by atoms with Crippen LogP contribution in [0.25, 0.3) is 10.9 Å². The van der Waals surface area contributed by atoms with Gasteiger partial charge in [-0.2, -0.15) is 0 Å². The number of H-pyrrole nitrogens is 1. The minimum atomic E-state index is -0.113. The van der Waals surface area contributed by atoms with Crippen LogP contribution < -0.4 is 5.32 Å². The summed E-state index contributed by atoms with van der Waals surface area (Å²) in [6.07, 6.45) is 3.83. The maximum absolute atomic E-state index is 12.5. The number of tetrazole rings is 1. The normalized spacial score (nSPS) is 17.0. The highest BCUT2D eigenvalue weighted by atomic mass is 16.2. The number of piperidine rings is 1. The first kappa shape index (κ1) is 18.1. The number of carbonyl (C=O) groups excluding carboxylic acids is 2. The standard InChI is InChI=1S/C19H23N7O2/c27-18(7-9-26-13-21-23-24-26)25-8-3-4-14(12-25)11-20-19(28)17-10-15-5-1-2-6-16(15)22-17/h1-2,5-6,10,13-14,22H,3-4,7-9,11-12H2,(H,20,28)/t14-/m1/s1. The summed E-state index contributed by atoms with van der Waals surface area (Å²) in [5.74, 6) is 0.250. The van der Waals surface area contributed by atoms with Crippen molar-refractivity contribution in [1.82, 2.24) is 35.4 Å². The van der Waals surface area contributed by atoms with Crippen LogP contribution in [0.1, 0.15) is 29.8 Å². The second-order valence-electron chi connectivity index (χ2n) is 7.15. The molecule has 0 aliphatic carbocycles. The number of nitrogens with zero attached hydrogens (tertiary/aromatic N) is 5. The molecule has 0 radical (unpaired) electrons. The van der Waals surface area contributed by atoms with Crippen molar-refractivity contribution in [3.63, 3.8) is 0 Å². The number of aryl methyl sites for hydroxylation is 1. The molecule has 1 aliphatic heterocycles. The van der Waals surface area contributed by atoms with Crippen molar-refractivity contribution in [3.05, 3.63) is 42.4 Å². The number of fused-ring (bicyclic) bond motifs is 1. The van der Waals surface area contributed by atoms with Gasteiger partial charge in [0.15, 0.2) is 0 Å². The van der Waals surface area contributed by atoms with E-state index in [4.69, 9.17) is 0 Å². The fourth-order valence-corrected chi connectivity index (χ4v) is 3.64. The monoisotopic (exact) mass is 381 g/mol. The van der Waals surface area contributed by atoms with E-state index in [0.717, 1.165) is 30.3 Å². The van der Waals surface area contributed by atoms with Crippen LogP contribution in [0.4, 0.5) is 0 Å². The molecule has 28 heavy (non-hydrogen) atoms. The Labute approximate surface area is 162 Å². The van der Waals surface area contributed by atoms with Gasteiger partial charge >= 0.3 is 0 Å². The van der Waals surface area contributed by atoms with Gasteiger partial charge in [-0.3, -0.25) is 9.59 Å². The lowest BCUT2D eigenvalue weighted by Gasteiger charge is -2.33. The van der Waals surface area contributed by atoms with Crippen LogP contribution in [0.3, 0.4) is 0 Å². The van der Waals surface area contributed by atoms with Gasteiger partial charge in [-0.1, -0.05) is 18.2 Å². The van der Waals surface area contributed by atoms with Crippen molar-refractivity contribution in [2.45, 2.75) is 25.8 Å². The zero-order valence-electron chi connectivity index (χ0n) is 15.5. The summed E-state index contributed by atoms with van der Waals surface area (Å²) in [5.41, 5.74) is 1.51. The Kier molecular flexibility index (Phi) is 5.31. The molecule has 0 saturated carbocycles. The Balaban J connectivity index is 1.27. The zero-order chi connectivity index (χ0) is 19.3. The van der Waals surface area contributed by atoms with Gasteiger partial charge in [0.2, 0.25) is 5.91 Å². The number of aromatic amines is 1. The Morgan fingerprint density at radius 2 is 2.18 bits per heavy atom. The van der Waals surface area contributed by atoms with Gasteiger partial charge < -0.3 is 15.2 Å². The number of carbonyl (C=O) groups is 2. The fourth-order valence-electron chi connectivity index (χ4n) is 3.64. The molecular formula is C19H23N7O2. The molecule has 1 aromatic carbocycles. The van der Waals surface area contributed by atoms with Crippen LogP contribution in [0.2, 0.25) is 0 Å². The first-order valence-electron chi connectivity index (χ1n) is 9.53. The third-order valence-corrected chi connectivity index (χ3v) is 5.14. The van der Waals surface area contributed by atoms with Gasteiger partial charge in [0.25, 0.3) is 5.91 Å². The van der Waals surface area contributed by atoms with Crippen LogP contribution in [0.5, 0.6) is 0 Å². The number of nitrogens with one attached hydrogen (secondary N) is 2. The van der Waals surface area contributed by atoms with Crippen LogP contribution >= 0.6 is 0 Å². The molecule has 1 fully saturated rings. The maximum Gasteiger partial charge on any atom is 0.267 e. The van der Waals surface area contributed by atoms with Gasteiger partial charge in [0.1, 0.15) is 12.0 Å². The molecule has 2 N–H and O–H groups in total. The first-order valence-corrected chi connectivity index (χ1v) is 9.53. The van der Waals surface area contributed by atoms with E-state index in [1.165, 1.54) is 6.33 Å². The van der Waals surface area contributed by atoms with Crippen molar-refractivity contribution in [2.24, 2.45) is 5.92 Å². The Morgan fingerprint density at radius 3 is 3.00 bits per heavy atom. The predicted octanol–water partition coefficient (Wildman–Crippen LogP) is 1.21. The lowest BCUT2D eigenvalue weighted by atomic mass is 9.97. The lowest BCUT2D eigenvalue weighted by molar-refractivity contribution is -0.133. The van der Waals surface area contributed by atoms with Crippen LogP contribution in [0, 0.1) is 5.92 Å². The number of aromatic nitrogens is 5. The van der Waals surface area contributed by atoms with Crippen molar-refractivity contribution in [3.8, 4) is 0 Å². The number of hydrogen-bond donors (Lipinski definition) is 2.